The smallest absolute Gasteiger partial charge is 0.159 e. The minimum absolute atomic E-state index is 0.705. The van der Waals surface area contributed by atoms with Crippen molar-refractivity contribution in [2.24, 2.45) is 0 Å². The highest BCUT2D eigenvalue weighted by Gasteiger charge is 2.22. The van der Waals surface area contributed by atoms with Crippen LogP contribution in [-0.4, -0.2) is 67.1 Å². The molecule has 2 aliphatic heterocycles. The molecule has 0 aromatic heterocycles. The summed E-state index contributed by atoms with van der Waals surface area (Å²) >= 11 is 0. The van der Waals surface area contributed by atoms with Gasteiger partial charge in [-0.05, 0) is 57.1 Å². The summed E-state index contributed by atoms with van der Waals surface area (Å²) in [4.78, 5) is 7.39. The normalized spacial score (nSPS) is 24.4. The van der Waals surface area contributed by atoms with E-state index in [9.17, 15) is 8.78 Å². The van der Waals surface area contributed by atoms with Crippen molar-refractivity contribution in [2.45, 2.75) is 38.3 Å². The van der Waals surface area contributed by atoms with E-state index < -0.39 is 11.6 Å². The molecule has 0 aliphatic carbocycles. The number of nitrogens with zero attached hydrogens (tertiary/aromatic N) is 3. The molecule has 24 heavy (non-hydrogen) atoms. The number of hydrogen-bond acceptors (Lipinski definition) is 3. The maximum absolute atomic E-state index is 13.3. The standard InChI is InChI=1S/C19H29F2N3/c1-22-8-3-2-4-17(22)7-9-23-10-12-24(13-11-23)15-16-5-6-18(20)19(21)14-16/h5-6,14,17H,2-4,7-13,15H2,1H3. The van der Waals surface area contributed by atoms with E-state index in [0.717, 1.165) is 37.8 Å². The predicted octanol–water partition coefficient (Wildman–Crippen LogP) is 2.96. The summed E-state index contributed by atoms with van der Waals surface area (Å²) in [5.41, 5.74) is 0.853. The number of halogens is 2. The highest BCUT2D eigenvalue weighted by Crippen LogP contribution is 2.19. The first kappa shape index (κ1) is 17.8. The van der Waals surface area contributed by atoms with Crippen LogP contribution < -0.4 is 0 Å². The molecule has 1 aromatic rings. The quantitative estimate of drug-likeness (QED) is 0.818. The van der Waals surface area contributed by atoms with Crippen LogP contribution in [0.4, 0.5) is 8.78 Å². The Hall–Kier alpha value is -1.04. The lowest BCUT2D eigenvalue weighted by atomic mass is 10.00. The number of piperidine rings is 1. The van der Waals surface area contributed by atoms with Crippen molar-refractivity contribution in [3.05, 3.63) is 35.4 Å². The number of benzene rings is 1. The molecule has 134 valence electrons. The van der Waals surface area contributed by atoms with Crippen molar-refractivity contribution < 1.29 is 8.78 Å². The van der Waals surface area contributed by atoms with Crippen LogP contribution in [0.2, 0.25) is 0 Å². The minimum Gasteiger partial charge on any atom is -0.303 e. The van der Waals surface area contributed by atoms with Gasteiger partial charge in [0, 0.05) is 38.8 Å². The molecule has 1 unspecified atom stereocenters. The fraction of sp³-hybridized carbons (Fsp3) is 0.684. The maximum Gasteiger partial charge on any atom is 0.159 e. The molecule has 1 aromatic carbocycles. The topological polar surface area (TPSA) is 9.72 Å². The average molecular weight is 337 g/mol. The largest absolute Gasteiger partial charge is 0.303 e. The monoisotopic (exact) mass is 337 g/mol. The van der Waals surface area contributed by atoms with Crippen molar-refractivity contribution in [3.63, 3.8) is 0 Å². The molecule has 2 fully saturated rings. The molecule has 0 radical (unpaired) electrons. The van der Waals surface area contributed by atoms with Crippen molar-refractivity contribution in [3.8, 4) is 0 Å². The first-order chi connectivity index (χ1) is 11.6. The van der Waals surface area contributed by atoms with Crippen LogP contribution in [0.15, 0.2) is 18.2 Å². The van der Waals surface area contributed by atoms with Gasteiger partial charge >= 0.3 is 0 Å². The molecular weight excluding hydrogens is 308 g/mol. The van der Waals surface area contributed by atoms with Gasteiger partial charge in [0.25, 0.3) is 0 Å². The van der Waals surface area contributed by atoms with E-state index >= 15 is 0 Å². The summed E-state index contributed by atoms with van der Waals surface area (Å²) in [6.07, 6.45) is 5.32. The molecule has 1 atom stereocenters. The van der Waals surface area contributed by atoms with E-state index in [4.69, 9.17) is 0 Å². The van der Waals surface area contributed by atoms with Gasteiger partial charge < -0.3 is 9.80 Å². The van der Waals surface area contributed by atoms with Crippen molar-refractivity contribution in [1.82, 2.24) is 14.7 Å². The van der Waals surface area contributed by atoms with E-state index in [1.165, 1.54) is 50.9 Å². The SMILES string of the molecule is CN1CCCCC1CCN1CCN(Cc2ccc(F)c(F)c2)CC1. The number of likely N-dealkylation sites (tertiary alicyclic amines) is 1. The second-order valence-corrected chi connectivity index (χ2v) is 7.29. The molecule has 2 aliphatic rings. The van der Waals surface area contributed by atoms with Crippen LogP contribution in [-0.2, 0) is 6.54 Å². The Morgan fingerprint density at radius 2 is 1.71 bits per heavy atom. The van der Waals surface area contributed by atoms with Gasteiger partial charge in [-0.3, -0.25) is 4.90 Å². The van der Waals surface area contributed by atoms with Gasteiger partial charge in [-0.1, -0.05) is 12.5 Å². The molecule has 2 saturated heterocycles. The Balaban J connectivity index is 1.40. The Labute approximate surface area is 144 Å². The Kier molecular flexibility index (Phi) is 6.19. The van der Waals surface area contributed by atoms with E-state index in [-0.39, 0.29) is 0 Å². The first-order valence-electron chi connectivity index (χ1n) is 9.21. The third kappa shape index (κ3) is 4.74. The second-order valence-electron chi connectivity index (χ2n) is 7.29. The maximum atomic E-state index is 13.3. The Morgan fingerprint density at radius 1 is 0.958 bits per heavy atom. The van der Waals surface area contributed by atoms with Crippen LogP contribution in [0.1, 0.15) is 31.2 Å². The molecule has 0 spiro atoms. The lowest BCUT2D eigenvalue weighted by molar-refractivity contribution is 0.106. The van der Waals surface area contributed by atoms with Crippen molar-refractivity contribution in [2.75, 3.05) is 46.3 Å². The summed E-state index contributed by atoms with van der Waals surface area (Å²) in [6, 6.07) is 4.98. The lowest BCUT2D eigenvalue weighted by Gasteiger charge is -2.37. The number of piperazine rings is 1. The van der Waals surface area contributed by atoms with Crippen LogP contribution >= 0.6 is 0 Å². The van der Waals surface area contributed by atoms with E-state index in [2.05, 4.69) is 21.7 Å². The van der Waals surface area contributed by atoms with Gasteiger partial charge in [0.2, 0.25) is 0 Å². The summed E-state index contributed by atoms with van der Waals surface area (Å²) in [5.74, 6) is -1.51. The van der Waals surface area contributed by atoms with Crippen LogP contribution in [0.3, 0.4) is 0 Å². The van der Waals surface area contributed by atoms with Gasteiger partial charge in [0.05, 0.1) is 0 Å². The summed E-state index contributed by atoms with van der Waals surface area (Å²) < 4.78 is 26.3. The number of rotatable bonds is 5. The Morgan fingerprint density at radius 3 is 2.42 bits per heavy atom. The van der Waals surface area contributed by atoms with E-state index in [1.807, 2.05) is 0 Å². The van der Waals surface area contributed by atoms with Gasteiger partial charge in [0.1, 0.15) is 0 Å². The van der Waals surface area contributed by atoms with Gasteiger partial charge in [-0.25, -0.2) is 8.78 Å². The lowest BCUT2D eigenvalue weighted by Crippen LogP contribution is -2.47. The van der Waals surface area contributed by atoms with Crippen LogP contribution in [0.25, 0.3) is 0 Å². The zero-order valence-corrected chi connectivity index (χ0v) is 14.7. The van der Waals surface area contributed by atoms with E-state index in [1.54, 1.807) is 6.07 Å². The molecule has 0 N–H and O–H groups in total. The van der Waals surface area contributed by atoms with Crippen LogP contribution in [0.5, 0.6) is 0 Å². The highest BCUT2D eigenvalue weighted by atomic mass is 19.2. The fourth-order valence-electron chi connectivity index (χ4n) is 3.91. The molecule has 2 heterocycles. The van der Waals surface area contributed by atoms with Gasteiger partial charge in [0.15, 0.2) is 11.6 Å². The number of hydrogen-bond donors (Lipinski definition) is 0. The minimum atomic E-state index is -0.767. The van der Waals surface area contributed by atoms with Gasteiger partial charge in [-0.15, -0.1) is 0 Å². The average Bonchev–Trinajstić information content (AvgIpc) is 2.59. The molecular formula is C19H29F2N3. The molecule has 3 rings (SSSR count). The highest BCUT2D eigenvalue weighted by molar-refractivity contribution is 5.17. The summed E-state index contributed by atoms with van der Waals surface area (Å²) in [6.45, 7) is 7.26. The first-order valence-corrected chi connectivity index (χ1v) is 9.21. The predicted molar refractivity (Wildman–Crippen MR) is 93.0 cm³/mol. The molecule has 0 amide bonds. The zero-order chi connectivity index (χ0) is 16.9. The molecule has 0 bridgehead atoms. The Bertz CT molecular complexity index is 529. The third-order valence-corrected chi connectivity index (χ3v) is 5.56. The van der Waals surface area contributed by atoms with E-state index in [0.29, 0.717) is 6.54 Å². The van der Waals surface area contributed by atoms with Crippen LogP contribution in [0, 0.1) is 11.6 Å². The molecule has 5 heteroatoms. The fourth-order valence-corrected chi connectivity index (χ4v) is 3.91. The summed E-state index contributed by atoms with van der Waals surface area (Å²) in [7, 11) is 2.25. The third-order valence-electron chi connectivity index (χ3n) is 5.56. The van der Waals surface area contributed by atoms with Crippen molar-refractivity contribution >= 4 is 0 Å². The van der Waals surface area contributed by atoms with Gasteiger partial charge in [-0.2, -0.15) is 0 Å². The second kappa shape index (κ2) is 8.37. The molecule has 3 nitrogen and oxygen atoms in total. The summed E-state index contributed by atoms with van der Waals surface area (Å²) in [5, 5.41) is 0. The molecule has 0 saturated carbocycles. The zero-order valence-electron chi connectivity index (χ0n) is 14.7. The van der Waals surface area contributed by atoms with Crippen molar-refractivity contribution in [1.29, 1.82) is 0 Å².